The molecule has 0 saturated carbocycles. The molecule has 0 aliphatic heterocycles. The number of hydrogen-bond donors (Lipinski definition) is 2. The molecule has 0 aromatic heterocycles. The first-order valence-corrected chi connectivity index (χ1v) is 5.90. The number of hydrogen-bond acceptors (Lipinski definition) is 3. The van der Waals surface area contributed by atoms with E-state index in [2.05, 4.69) is 22.4 Å². The van der Waals surface area contributed by atoms with Crippen molar-refractivity contribution in [1.82, 2.24) is 5.32 Å². The van der Waals surface area contributed by atoms with Gasteiger partial charge in [0.05, 0.1) is 4.22 Å². The van der Waals surface area contributed by atoms with Gasteiger partial charge < -0.3 is 11.1 Å². The zero-order chi connectivity index (χ0) is 10.9. The van der Waals surface area contributed by atoms with Gasteiger partial charge in [0.2, 0.25) is 0 Å². The standard InChI is InChI=1S/C11H14IN3/c12-9-15-11(13)6-7-14-8-10-4-2-1-3-5-10/h1-6,9,14H,7-8,13H2/b11-6-,15-9?. The van der Waals surface area contributed by atoms with Crippen LogP contribution in [0.25, 0.3) is 0 Å². The first kappa shape index (κ1) is 12.2. The summed E-state index contributed by atoms with van der Waals surface area (Å²) < 4.78 is 1.65. The highest BCUT2D eigenvalue weighted by Crippen LogP contribution is 1.96. The average Bonchev–Trinajstić information content (AvgIpc) is 2.26. The Balaban J connectivity index is 2.25. The van der Waals surface area contributed by atoms with E-state index in [1.807, 2.05) is 46.9 Å². The van der Waals surface area contributed by atoms with Gasteiger partial charge in [-0.3, -0.25) is 0 Å². The number of halogens is 1. The summed E-state index contributed by atoms with van der Waals surface area (Å²) in [5, 5.41) is 3.26. The zero-order valence-electron chi connectivity index (χ0n) is 8.36. The minimum Gasteiger partial charge on any atom is -0.384 e. The zero-order valence-corrected chi connectivity index (χ0v) is 10.5. The molecule has 0 unspecified atom stereocenters. The van der Waals surface area contributed by atoms with Crippen LogP contribution in [0.1, 0.15) is 5.56 Å². The van der Waals surface area contributed by atoms with Crippen molar-refractivity contribution in [2.75, 3.05) is 6.54 Å². The second-order valence-corrected chi connectivity index (χ2v) is 3.53. The van der Waals surface area contributed by atoms with Crippen molar-refractivity contribution < 1.29 is 0 Å². The Labute approximate surface area is 104 Å². The van der Waals surface area contributed by atoms with Crippen LogP contribution >= 0.6 is 22.6 Å². The summed E-state index contributed by atoms with van der Waals surface area (Å²) in [6.07, 6.45) is 1.86. The molecule has 0 fully saturated rings. The molecule has 3 nitrogen and oxygen atoms in total. The fourth-order valence-corrected chi connectivity index (χ4v) is 1.42. The van der Waals surface area contributed by atoms with E-state index in [4.69, 9.17) is 5.73 Å². The van der Waals surface area contributed by atoms with Gasteiger partial charge in [0, 0.05) is 13.1 Å². The molecule has 0 radical (unpaired) electrons. The van der Waals surface area contributed by atoms with Crippen molar-refractivity contribution in [3.8, 4) is 0 Å². The maximum absolute atomic E-state index is 5.58. The van der Waals surface area contributed by atoms with Crippen LogP contribution < -0.4 is 11.1 Å². The highest BCUT2D eigenvalue weighted by atomic mass is 127. The van der Waals surface area contributed by atoms with E-state index in [0.29, 0.717) is 5.82 Å². The first-order valence-electron chi connectivity index (χ1n) is 4.66. The van der Waals surface area contributed by atoms with Crippen molar-refractivity contribution in [3.05, 3.63) is 47.8 Å². The van der Waals surface area contributed by atoms with Crippen molar-refractivity contribution in [2.24, 2.45) is 10.7 Å². The van der Waals surface area contributed by atoms with E-state index in [9.17, 15) is 0 Å². The maximum Gasteiger partial charge on any atom is 0.121 e. The minimum absolute atomic E-state index is 0.546. The third kappa shape index (κ3) is 5.54. The van der Waals surface area contributed by atoms with Gasteiger partial charge in [-0.1, -0.05) is 30.3 Å². The Bertz CT molecular complexity index is 333. The van der Waals surface area contributed by atoms with E-state index in [1.54, 1.807) is 4.22 Å². The van der Waals surface area contributed by atoms with Gasteiger partial charge in [0.25, 0.3) is 0 Å². The molecule has 3 N–H and O–H groups in total. The molecule has 0 atom stereocenters. The lowest BCUT2D eigenvalue weighted by Gasteiger charge is -2.01. The van der Waals surface area contributed by atoms with Crippen LogP contribution in [0, 0.1) is 0 Å². The highest BCUT2D eigenvalue weighted by molar-refractivity contribution is 14.1. The van der Waals surface area contributed by atoms with Crippen LogP contribution in [0.3, 0.4) is 0 Å². The van der Waals surface area contributed by atoms with Crippen LogP contribution in [0.5, 0.6) is 0 Å². The number of aliphatic imine (C=N–C) groups is 1. The summed E-state index contributed by atoms with van der Waals surface area (Å²) in [5.74, 6) is 0.546. The molecule has 0 aliphatic carbocycles. The second-order valence-electron chi connectivity index (χ2n) is 2.97. The lowest BCUT2D eigenvalue weighted by Crippen LogP contribution is -2.14. The number of nitrogens with one attached hydrogen (secondary N) is 1. The minimum atomic E-state index is 0.546. The predicted molar refractivity (Wildman–Crippen MR) is 72.9 cm³/mol. The molecule has 0 amide bonds. The second kappa shape index (κ2) is 7.42. The Hall–Kier alpha value is -0.880. The summed E-state index contributed by atoms with van der Waals surface area (Å²) in [6, 6.07) is 10.2. The summed E-state index contributed by atoms with van der Waals surface area (Å²) >= 11 is 2.04. The van der Waals surface area contributed by atoms with E-state index in [0.717, 1.165) is 13.1 Å². The van der Waals surface area contributed by atoms with Crippen LogP contribution in [0.2, 0.25) is 0 Å². The number of benzene rings is 1. The van der Waals surface area contributed by atoms with Crippen LogP contribution in [-0.2, 0) is 6.54 Å². The Morgan fingerprint density at radius 3 is 2.80 bits per heavy atom. The van der Waals surface area contributed by atoms with Crippen LogP contribution in [0.4, 0.5) is 0 Å². The van der Waals surface area contributed by atoms with E-state index in [-0.39, 0.29) is 0 Å². The van der Waals surface area contributed by atoms with Gasteiger partial charge in [-0.2, -0.15) is 0 Å². The summed E-state index contributed by atoms with van der Waals surface area (Å²) in [7, 11) is 0. The van der Waals surface area contributed by atoms with Gasteiger partial charge in [-0.25, -0.2) is 4.99 Å². The van der Waals surface area contributed by atoms with Crippen molar-refractivity contribution in [1.29, 1.82) is 0 Å². The molecule has 0 spiro atoms. The van der Waals surface area contributed by atoms with Gasteiger partial charge >= 0.3 is 0 Å². The van der Waals surface area contributed by atoms with Crippen molar-refractivity contribution >= 4 is 26.8 Å². The summed E-state index contributed by atoms with van der Waals surface area (Å²) in [5.41, 5.74) is 6.85. The monoisotopic (exact) mass is 315 g/mol. The van der Waals surface area contributed by atoms with E-state index < -0.39 is 0 Å². The largest absolute Gasteiger partial charge is 0.384 e. The molecule has 15 heavy (non-hydrogen) atoms. The molecule has 1 aromatic rings. The van der Waals surface area contributed by atoms with Crippen molar-refractivity contribution in [2.45, 2.75) is 6.54 Å². The molecule has 0 saturated heterocycles. The molecule has 1 rings (SSSR count). The number of nitrogens with two attached hydrogens (primary N) is 1. The lowest BCUT2D eigenvalue weighted by atomic mass is 10.2. The molecular formula is C11H14IN3. The van der Waals surface area contributed by atoms with E-state index in [1.165, 1.54) is 5.56 Å². The smallest absolute Gasteiger partial charge is 0.121 e. The third-order valence-electron chi connectivity index (χ3n) is 1.83. The lowest BCUT2D eigenvalue weighted by molar-refractivity contribution is 0.756. The van der Waals surface area contributed by atoms with Gasteiger partial charge in [-0.05, 0) is 34.2 Å². The normalized spacial score (nSPS) is 12.2. The molecule has 0 aliphatic rings. The fraction of sp³-hybridized carbons (Fsp3) is 0.182. The molecular weight excluding hydrogens is 301 g/mol. The van der Waals surface area contributed by atoms with Crippen LogP contribution in [0.15, 0.2) is 47.2 Å². The molecule has 0 bridgehead atoms. The quantitative estimate of drug-likeness (QED) is 0.496. The topological polar surface area (TPSA) is 50.4 Å². The average molecular weight is 315 g/mol. The van der Waals surface area contributed by atoms with Gasteiger partial charge in [0.1, 0.15) is 5.82 Å². The first-order chi connectivity index (χ1) is 7.33. The molecule has 0 heterocycles. The van der Waals surface area contributed by atoms with Gasteiger partial charge in [0.15, 0.2) is 0 Å². The summed E-state index contributed by atoms with van der Waals surface area (Å²) in [6.45, 7) is 1.58. The van der Waals surface area contributed by atoms with E-state index >= 15 is 0 Å². The van der Waals surface area contributed by atoms with Gasteiger partial charge in [-0.15, -0.1) is 0 Å². The highest BCUT2D eigenvalue weighted by Gasteiger charge is 1.89. The third-order valence-corrected chi connectivity index (χ3v) is 2.10. The number of rotatable bonds is 5. The fourth-order valence-electron chi connectivity index (χ4n) is 1.10. The Morgan fingerprint density at radius 1 is 1.40 bits per heavy atom. The Morgan fingerprint density at radius 2 is 2.13 bits per heavy atom. The molecule has 80 valence electrons. The summed E-state index contributed by atoms with van der Waals surface area (Å²) in [4.78, 5) is 3.93. The molecule has 1 aromatic carbocycles. The van der Waals surface area contributed by atoms with Crippen LogP contribution in [-0.4, -0.2) is 10.8 Å². The predicted octanol–water partition coefficient (Wildman–Crippen LogP) is 2.04. The maximum atomic E-state index is 5.58. The molecule has 4 heteroatoms. The van der Waals surface area contributed by atoms with Crippen molar-refractivity contribution in [3.63, 3.8) is 0 Å². The Kier molecular flexibility index (Phi) is 6.03. The number of nitrogens with zero attached hydrogens (tertiary/aromatic N) is 1. The SMILES string of the molecule is N/C(=C/CNCc1ccccc1)N=CI.